The number of carbonyl (C=O) groups excluding carboxylic acids is 1. The Balaban J connectivity index is 1.62. The molecule has 0 saturated carbocycles. The van der Waals surface area contributed by atoms with Crippen molar-refractivity contribution in [1.29, 1.82) is 0 Å². The maximum atomic E-state index is 13.7. The van der Waals surface area contributed by atoms with E-state index < -0.39 is 10.0 Å². The highest BCUT2D eigenvalue weighted by Crippen LogP contribution is 2.28. The Hall–Kier alpha value is -3.10. The van der Waals surface area contributed by atoms with Crippen molar-refractivity contribution in [2.24, 2.45) is 0 Å². The summed E-state index contributed by atoms with van der Waals surface area (Å²) >= 11 is 0. The lowest BCUT2D eigenvalue weighted by molar-refractivity contribution is 0.0679. The Morgan fingerprint density at radius 1 is 1.11 bits per heavy atom. The van der Waals surface area contributed by atoms with Gasteiger partial charge >= 0.3 is 0 Å². The normalized spacial score (nSPS) is 16.6. The molecule has 7 nitrogen and oxygen atoms in total. The highest BCUT2D eigenvalue weighted by Gasteiger charge is 2.28. The number of nitrogens with one attached hydrogen (secondary N) is 2. The first-order valence-corrected chi connectivity index (χ1v) is 13.6. The van der Waals surface area contributed by atoms with Crippen molar-refractivity contribution < 1.29 is 17.9 Å². The number of sulfonamides is 1. The van der Waals surface area contributed by atoms with Gasteiger partial charge in [-0.25, -0.2) is 8.42 Å². The molecule has 1 saturated heterocycles. The van der Waals surface area contributed by atoms with E-state index in [1.165, 1.54) is 7.11 Å². The summed E-state index contributed by atoms with van der Waals surface area (Å²) in [5.74, 6) is 0.286. The van der Waals surface area contributed by atoms with Crippen LogP contribution >= 0.6 is 0 Å². The summed E-state index contributed by atoms with van der Waals surface area (Å²) in [6.45, 7) is 4.42. The average molecular weight is 496 g/mol. The van der Waals surface area contributed by atoms with Crippen LogP contribution in [0.1, 0.15) is 43.0 Å². The standard InChI is InChI=1S/C27H33N3O4S/c1-3-4-10-23-19-28-15-7-16-30(23)27(31)25-18-22(12-14-26(25)34-2)29-35(32,33)24-13-11-20-8-5-6-9-21(20)17-24/h5-6,8-9,11-14,17-18,23,28-29H,3-4,7,10,15-16,19H2,1-2H3. The van der Waals surface area contributed by atoms with E-state index in [1.54, 1.807) is 36.4 Å². The van der Waals surface area contributed by atoms with E-state index in [0.29, 0.717) is 23.5 Å². The van der Waals surface area contributed by atoms with Crippen molar-refractivity contribution >= 4 is 32.4 Å². The van der Waals surface area contributed by atoms with E-state index in [9.17, 15) is 13.2 Å². The second kappa shape index (κ2) is 11.1. The zero-order valence-electron chi connectivity index (χ0n) is 20.3. The van der Waals surface area contributed by atoms with Crippen molar-refractivity contribution in [3.8, 4) is 5.75 Å². The molecule has 0 aromatic heterocycles. The van der Waals surface area contributed by atoms with E-state index in [-0.39, 0.29) is 16.8 Å². The van der Waals surface area contributed by atoms with Gasteiger partial charge in [0.25, 0.3) is 15.9 Å². The minimum atomic E-state index is -3.85. The molecule has 1 aliphatic heterocycles. The molecule has 2 N–H and O–H groups in total. The van der Waals surface area contributed by atoms with E-state index in [0.717, 1.165) is 49.5 Å². The zero-order valence-corrected chi connectivity index (χ0v) is 21.1. The quantitative estimate of drug-likeness (QED) is 0.475. The molecule has 0 radical (unpaired) electrons. The number of unbranched alkanes of at least 4 members (excludes halogenated alkanes) is 1. The fourth-order valence-electron chi connectivity index (χ4n) is 4.54. The van der Waals surface area contributed by atoms with Crippen LogP contribution in [-0.4, -0.2) is 52.0 Å². The maximum absolute atomic E-state index is 13.7. The third-order valence-electron chi connectivity index (χ3n) is 6.44. The van der Waals surface area contributed by atoms with Crippen LogP contribution in [0, 0.1) is 0 Å². The molecule has 186 valence electrons. The van der Waals surface area contributed by atoms with Gasteiger partial charge in [0.2, 0.25) is 0 Å². The molecule has 0 spiro atoms. The minimum absolute atomic E-state index is 0.0904. The second-order valence-electron chi connectivity index (χ2n) is 8.88. The number of carbonyl (C=O) groups is 1. The highest BCUT2D eigenvalue weighted by atomic mass is 32.2. The van der Waals surface area contributed by atoms with Crippen LogP contribution in [0.4, 0.5) is 5.69 Å². The van der Waals surface area contributed by atoms with Crippen molar-refractivity contribution in [2.75, 3.05) is 31.5 Å². The van der Waals surface area contributed by atoms with Gasteiger partial charge in [0.15, 0.2) is 0 Å². The van der Waals surface area contributed by atoms with Crippen molar-refractivity contribution in [3.63, 3.8) is 0 Å². The van der Waals surface area contributed by atoms with Crippen molar-refractivity contribution in [3.05, 3.63) is 66.2 Å². The van der Waals surface area contributed by atoms with Crippen LogP contribution in [0.3, 0.4) is 0 Å². The van der Waals surface area contributed by atoms with Gasteiger partial charge in [0.05, 0.1) is 17.6 Å². The molecule has 1 aliphatic rings. The number of hydrogen-bond acceptors (Lipinski definition) is 5. The number of benzene rings is 3. The molecule has 1 atom stereocenters. The van der Waals surface area contributed by atoms with E-state index in [4.69, 9.17) is 4.74 Å². The van der Waals surface area contributed by atoms with Gasteiger partial charge < -0.3 is 15.0 Å². The largest absolute Gasteiger partial charge is 0.496 e. The predicted octanol–water partition coefficient (Wildman–Crippen LogP) is 4.64. The average Bonchev–Trinajstić information content (AvgIpc) is 3.12. The minimum Gasteiger partial charge on any atom is -0.496 e. The molecule has 3 aromatic rings. The number of rotatable bonds is 8. The molecular formula is C27H33N3O4S. The van der Waals surface area contributed by atoms with Crippen LogP contribution in [0.25, 0.3) is 10.8 Å². The lowest BCUT2D eigenvalue weighted by Gasteiger charge is -2.30. The van der Waals surface area contributed by atoms with Gasteiger partial charge in [-0.3, -0.25) is 9.52 Å². The molecule has 35 heavy (non-hydrogen) atoms. The number of methoxy groups -OCH3 is 1. The Bertz CT molecular complexity index is 1290. The molecule has 1 unspecified atom stereocenters. The van der Waals surface area contributed by atoms with Gasteiger partial charge in [-0.05, 0) is 60.5 Å². The van der Waals surface area contributed by atoms with Crippen molar-refractivity contribution in [2.45, 2.75) is 43.5 Å². The Labute approximate surface area is 207 Å². The van der Waals surface area contributed by atoms with E-state index in [1.807, 2.05) is 29.2 Å². The molecule has 1 heterocycles. The van der Waals surface area contributed by atoms with E-state index in [2.05, 4.69) is 17.0 Å². The highest BCUT2D eigenvalue weighted by molar-refractivity contribution is 7.92. The Kier molecular flexibility index (Phi) is 7.93. The summed E-state index contributed by atoms with van der Waals surface area (Å²) in [6.07, 6.45) is 3.89. The zero-order chi connectivity index (χ0) is 24.8. The SMILES string of the molecule is CCCCC1CNCCCN1C(=O)c1cc(NS(=O)(=O)c2ccc3ccccc3c2)ccc1OC. The van der Waals surface area contributed by atoms with Gasteiger partial charge in [-0.1, -0.05) is 50.1 Å². The van der Waals surface area contributed by atoms with Crippen LogP contribution in [0.2, 0.25) is 0 Å². The van der Waals surface area contributed by atoms with Crippen LogP contribution in [0.5, 0.6) is 5.75 Å². The third kappa shape index (κ3) is 5.77. The molecule has 0 aliphatic carbocycles. The van der Waals surface area contributed by atoms with Crippen LogP contribution in [0.15, 0.2) is 65.6 Å². The van der Waals surface area contributed by atoms with Crippen molar-refractivity contribution in [1.82, 2.24) is 10.2 Å². The first kappa shape index (κ1) is 25.0. The molecule has 1 amide bonds. The third-order valence-corrected chi connectivity index (χ3v) is 7.82. The number of nitrogens with zero attached hydrogens (tertiary/aromatic N) is 1. The summed E-state index contributed by atoms with van der Waals surface area (Å²) in [5, 5.41) is 5.24. The van der Waals surface area contributed by atoms with Gasteiger partial charge in [0, 0.05) is 24.8 Å². The maximum Gasteiger partial charge on any atom is 0.261 e. The van der Waals surface area contributed by atoms with Gasteiger partial charge in [0.1, 0.15) is 5.75 Å². The Morgan fingerprint density at radius 2 is 1.91 bits per heavy atom. The van der Waals surface area contributed by atoms with Gasteiger partial charge in [-0.15, -0.1) is 0 Å². The van der Waals surface area contributed by atoms with E-state index >= 15 is 0 Å². The molecule has 3 aromatic carbocycles. The number of hydrogen-bond donors (Lipinski definition) is 2. The lowest BCUT2D eigenvalue weighted by Crippen LogP contribution is -2.43. The number of anilines is 1. The molecular weight excluding hydrogens is 462 g/mol. The topological polar surface area (TPSA) is 87.7 Å². The number of fused-ring (bicyclic) bond motifs is 1. The summed E-state index contributed by atoms with van der Waals surface area (Å²) in [7, 11) is -2.33. The first-order valence-electron chi connectivity index (χ1n) is 12.1. The Morgan fingerprint density at radius 3 is 2.69 bits per heavy atom. The number of amides is 1. The first-order chi connectivity index (χ1) is 16.9. The summed E-state index contributed by atoms with van der Waals surface area (Å²) in [6, 6.07) is 17.6. The predicted molar refractivity (Wildman–Crippen MR) is 140 cm³/mol. The fourth-order valence-corrected chi connectivity index (χ4v) is 5.63. The second-order valence-corrected chi connectivity index (χ2v) is 10.6. The molecule has 4 rings (SSSR count). The molecule has 1 fully saturated rings. The van der Waals surface area contributed by atoms with Crippen LogP contribution < -0.4 is 14.8 Å². The summed E-state index contributed by atoms with van der Waals surface area (Å²) < 4.78 is 34.4. The summed E-state index contributed by atoms with van der Waals surface area (Å²) in [4.78, 5) is 15.8. The number of ether oxygens (including phenoxy) is 1. The smallest absolute Gasteiger partial charge is 0.261 e. The van der Waals surface area contributed by atoms with Gasteiger partial charge in [-0.2, -0.15) is 0 Å². The molecule has 8 heteroatoms. The monoisotopic (exact) mass is 495 g/mol. The fraction of sp³-hybridized carbons (Fsp3) is 0.370. The van der Waals surface area contributed by atoms with Crippen LogP contribution in [-0.2, 0) is 10.0 Å². The summed E-state index contributed by atoms with van der Waals surface area (Å²) in [5.41, 5.74) is 0.676. The lowest BCUT2D eigenvalue weighted by atomic mass is 10.1. The molecule has 0 bridgehead atoms.